The smallest absolute Gasteiger partial charge is 0.0502 e. The van der Waals surface area contributed by atoms with Crippen molar-refractivity contribution in [1.82, 2.24) is 4.98 Å². The average molecular weight is 241 g/mol. The third kappa shape index (κ3) is 7.14. The fourth-order valence-corrected chi connectivity index (χ4v) is 1.43. The summed E-state index contributed by atoms with van der Waals surface area (Å²) in [4.78, 5) is 4.19. The molecule has 0 unspecified atom stereocenters. The molecule has 2 N–H and O–H groups in total. The van der Waals surface area contributed by atoms with Crippen molar-refractivity contribution in [3.05, 3.63) is 30.1 Å². The Morgan fingerprint density at radius 2 is 2.08 bits per heavy atom. The Bertz CT molecular complexity index is 197. The first-order chi connectivity index (χ1) is 5.43. The summed E-state index contributed by atoms with van der Waals surface area (Å²) in [6, 6.07) is 5.96. The third-order valence-corrected chi connectivity index (χ3v) is 2.26. The van der Waals surface area contributed by atoms with E-state index in [1.807, 2.05) is 36.2 Å². The zero-order valence-electron chi connectivity index (χ0n) is 7.18. The number of hydrogen-bond donors (Lipinski definition) is 1. The van der Waals surface area contributed by atoms with E-state index in [2.05, 4.69) is 4.98 Å². The van der Waals surface area contributed by atoms with Crippen LogP contribution in [-0.2, 0) is 5.75 Å². The van der Waals surface area contributed by atoms with Crippen LogP contribution in [0.3, 0.4) is 0 Å². The van der Waals surface area contributed by atoms with Gasteiger partial charge >= 0.3 is 0 Å². The van der Waals surface area contributed by atoms with Crippen LogP contribution in [-0.4, -0.2) is 17.3 Å². The summed E-state index contributed by atoms with van der Waals surface area (Å²) in [5.41, 5.74) is 6.48. The standard InChI is InChI=1S/C8H12N2S.2ClH/c9-4-6-11-7-8-3-1-2-5-10-8;;/h1-3,5H,4,6-7,9H2;2*1H. The van der Waals surface area contributed by atoms with E-state index in [0.717, 1.165) is 23.7 Å². The zero-order chi connectivity index (χ0) is 7.94. The fraction of sp³-hybridized carbons (Fsp3) is 0.375. The quantitative estimate of drug-likeness (QED) is 0.820. The lowest BCUT2D eigenvalue weighted by atomic mass is 10.4. The molecule has 1 aromatic heterocycles. The van der Waals surface area contributed by atoms with Gasteiger partial charge in [0.25, 0.3) is 0 Å². The van der Waals surface area contributed by atoms with Crippen LogP contribution in [0.2, 0.25) is 0 Å². The molecule has 0 spiro atoms. The molecule has 0 bridgehead atoms. The van der Waals surface area contributed by atoms with Crippen LogP contribution >= 0.6 is 36.6 Å². The van der Waals surface area contributed by atoms with Gasteiger partial charge in [-0.15, -0.1) is 24.8 Å². The van der Waals surface area contributed by atoms with Gasteiger partial charge in [-0.25, -0.2) is 0 Å². The number of nitrogens with two attached hydrogens (primary N) is 1. The van der Waals surface area contributed by atoms with Gasteiger partial charge in [0.15, 0.2) is 0 Å². The molecule has 0 aromatic carbocycles. The molecule has 0 aliphatic heterocycles. The number of rotatable bonds is 4. The van der Waals surface area contributed by atoms with E-state index in [1.54, 1.807) is 0 Å². The van der Waals surface area contributed by atoms with Crippen molar-refractivity contribution >= 4 is 36.6 Å². The first kappa shape index (κ1) is 15.5. The normalized spacial score (nSPS) is 8.38. The van der Waals surface area contributed by atoms with Crippen molar-refractivity contribution in [3.63, 3.8) is 0 Å². The zero-order valence-corrected chi connectivity index (χ0v) is 9.63. The van der Waals surface area contributed by atoms with Crippen molar-refractivity contribution < 1.29 is 0 Å². The molecule has 2 nitrogen and oxygen atoms in total. The van der Waals surface area contributed by atoms with E-state index in [0.29, 0.717) is 0 Å². The minimum atomic E-state index is 0. The lowest BCUT2D eigenvalue weighted by Crippen LogP contribution is -2.01. The number of nitrogens with zero attached hydrogens (tertiary/aromatic N) is 1. The SMILES string of the molecule is Cl.Cl.NCCSCc1ccccn1. The van der Waals surface area contributed by atoms with Crippen molar-refractivity contribution in [3.8, 4) is 0 Å². The van der Waals surface area contributed by atoms with Crippen molar-refractivity contribution in [2.75, 3.05) is 12.3 Å². The molecule has 1 heterocycles. The van der Waals surface area contributed by atoms with E-state index in [-0.39, 0.29) is 24.8 Å². The Balaban J connectivity index is 0. The van der Waals surface area contributed by atoms with Gasteiger partial charge in [-0.3, -0.25) is 4.98 Å². The molecule has 0 amide bonds. The van der Waals surface area contributed by atoms with E-state index in [9.17, 15) is 0 Å². The first-order valence-electron chi connectivity index (χ1n) is 3.61. The minimum absolute atomic E-state index is 0. The predicted octanol–water partition coefficient (Wildman–Crippen LogP) is 2.12. The summed E-state index contributed by atoms with van der Waals surface area (Å²) in [5, 5.41) is 0. The summed E-state index contributed by atoms with van der Waals surface area (Å²) in [7, 11) is 0. The highest BCUT2D eigenvalue weighted by Gasteiger charge is 1.90. The highest BCUT2D eigenvalue weighted by Crippen LogP contribution is 2.07. The Morgan fingerprint density at radius 3 is 2.62 bits per heavy atom. The average Bonchev–Trinajstić information content (AvgIpc) is 2.07. The highest BCUT2D eigenvalue weighted by atomic mass is 35.5. The molecule has 1 rings (SSSR count). The van der Waals surface area contributed by atoms with Gasteiger partial charge in [0.1, 0.15) is 0 Å². The minimum Gasteiger partial charge on any atom is -0.330 e. The molecular weight excluding hydrogens is 227 g/mol. The van der Waals surface area contributed by atoms with Crippen molar-refractivity contribution in [2.45, 2.75) is 5.75 Å². The van der Waals surface area contributed by atoms with Gasteiger partial charge in [-0.1, -0.05) is 6.07 Å². The van der Waals surface area contributed by atoms with Gasteiger partial charge < -0.3 is 5.73 Å². The number of halogens is 2. The second kappa shape index (κ2) is 10.1. The lowest BCUT2D eigenvalue weighted by molar-refractivity contribution is 1.13. The largest absolute Gasteiger partial charge is 0.330 e. The Morgan fingerprint density at radius 1 is 1.31 bits per heavy atom. The molecule has 5 heteroatoms. The summed E-state index contributed by atoms with van der Waals surface area (Å²) in [5.74, 6) is 1.98. The first-order valence-corrected chi connectivity index (χ1v) is 4.76. The Hall–Kier alpha value is 0.0400. The van der Waals surface area contributed by atoms with Crippen LogP contribution in [0.4, 0.5) is 0 Å². The number of thioether (sulfide) groups is 1. The van der Waals surface area contributed by atoms with E-state index in [1.165, 1.54) is 0 Å². The summed E-state index contributed by atoms with van der Waals surface area (Å²) in [6.45, 7) is 0.748. The van der Waals surface area contributed by atoms with Crippen LogP contribution in [0.5, 0.6) is 0 Å². The molecule has 0 saturated carbocycles. The second-order valence-electron chi connectivity index (χ2n) is 2.16. The molecular formula is C8H14Cl2N2S. The van der Waals surface area contributed by atoms with Crippen molar-refractivity contribution in [2.24, 2.45) is 5.73 Å². The van der Waals surface area contributed by atoms with Crippen LogP contribution in [0.15, 0.2) is 24.4 Å². The number of aromatic nitrogens is 1. The number of pyridine rings is 1. The Kier molecular flexibility index (Phi) is 12.1. The van der Waals surface area contributed by atoms with Crippen LogP contribution in [0.25, 0.3) is 0 Å². The van der Waals surface area contributed by atoms with E-state index >= 15 is 0 Å². The molecule has 0 atom stereocenters. The predicted molar refractivity (Wildman–Crippen MR) is 63.9 cm³/mol. The van der Waals surface area contributed by atoms with Gasteiger partial charge in [0, 0.05) is 24.2 Å². The molecule has 0 fully saturated rings. The van der Waals surface area contributed by atoms with Gasteiger partial charge in [0.05, 0.1) is 5.69 Å². The third-order valence-electron chi connectivity index (χ3n) is 1.24. The maximum absolute atomic E-state index is 5.35. The van der Waals surface area contributed by atoms with E-state index < -0.39 is 0 Å². The maximum atomic E-state index is 5.35. The van der Waals surface area contributed by atoms with E-state index in [4.69, 9.17) is 5.73 Å². The summed E-state index contributed by atoms with van der Waals surface area (Å²) >= 11 is 1.82. The van der Waals surface area contributed by atoms with Crippen molar-refractivity contribution in [1.29, 1.82) is 0 Å². The fourth-order valence-electron chi connectivity index (χ4n) is 0.744. The number of hydrogen-bond acceptors (Lipinski definition) is 3. The van der Waals surface area contributed by atoms with Crippen LogP contribution in [0, 0.1) is 0 Å². The van der Waals surface area contributed by atoms with Crippen LogP contribution < -0.4 is 5.73 Å². The van der Waals surface area contributed by atoms with Gasteiger partial charge in [-0.05, 0) is 12.1 Å². The summed E-state index contributed by atoms with van der Waals surface area (Å²) < 4.78 is 0. The monoisotopic (exact) mass is 240 g/mol. The molecule has 1 aromatic rings. The second-order valence-corrected chi connectivity index (χ2v) is 3.27. The van der Waals surface area contributed by atoms with Crippen LogP contribution in [0.1, 0.15) is 5.69 Å². The van der Waals surface area contributed by atoms with Gasteiger partial charge in [-0.2, -0.15) is 11.8 Å². The maximum Gasteiger partial charge on any atom is 0.0502 e. The topological polar surface area (TPSA) is 38.9 Å². The molecule has 13 heavy (non-hydrogen) atoms. The highest BCUT2D eigenvalue weighted by molar-refractivity contribution is 7.98. The lowest BCUT2D eigenvalue weighted by Gasteiger charge is -1.97. The molecule has 0 aliphatic rings. The summed E-state index contributed by atoms with van der Waals surface area (Å²) in [6.07, 6.45) is 1.82. The Labute approximate surface area is 95.5 Å². The molecule has 76 valence electrons. The molecule has 0 aliphatic carbocycles. The molecule has 0 radical (unpaired) electrons. The van der Waals surface area contributed by atoms with Gasteiger partial charge in [0.2, 0.25) is 0 Å². The molecule has 0 saturated heterocycles.